The first-order chi connectivity index (χ1) is 10.2. The van der Waals surface area contributed by atoms with Gasteiger partial charge in [-0.05, 0) is 24.5 Å². The molecule has 1 heterocycles. The highest BCUT2D eigenvalue weighted by Gasteiger charge is 2.41. The molecule has 0 amide bonds. The highest BCUT2D eigenvalue weighted by atomic mass is 16.1. The summed E-state index contributed by atoms with van der Waals surface area (Å²) in [4.78, 5) is 17.3. The lowest BCUT2D eigenvalue weighted by Crippen LogP contribution is -2.38. The normalized spacial score (nSPS) is 17.3. The van der Waals surface area contributed by atoms with Gasteiger partial charge in [0.2, 0.25) is 0 Å². The Morgan fingerprint density at radius 2 is 1.76 bits per heavy atom. The van der Waals surface area contributed by atoms with Crippen molar-refractivity contribution in [2.75, 3.05) is 5.73 Å². The van der Waals surface area contributed by atoms with Crippen LogP contribution in [0, 0.1) is 0 Å². The van der Waals surface area contributed by atoms with Gasteiger partial charge in [-0.15, -0.1) is 0 Å². The summed E-state index contributed by atoms with van der Waals surface area (Å²) in [5.74, 6) is 0.124. The zero-order valence-electron chi connectivity index (χ0n) is 12.1. The molecule has 108 valence electrons. The van der Waals surface area contributed by atoms with Crippen molar-refractivity contribution in [1.82, 2.24) is 4.98 Å². The van der Waals surface area contributed by atoms with Gasteiger partial charge in [0.1, 0.15) is 0 Å². The monoisotopic (exact) mass is 280 g/mol. The van der Waals surface area contributed by atoms with Crippen LogP contribution in [0.4, 0.5) is 5.69 Å². The molecular formula is C18H20N2O. The van der Waals surface area contributed by atoms with E-state index in [1.807, 2.05) is 18.2 Å². The molecule has 1 fully saturated rings. The fraction of sp³-hybridized carbons (Fsp3) is 0.333. The van der Waals surface area contributed by atoms with E-state index in [1.165, 1.54) is 6.42 Å². The average molecular weight is 280 g/mol. The van der Waals surface area contributed by atoms with Crippen LogP contribution in [0.5, 0.6) is 0 Å². The van der Waals surface area contributed by atoms with Crippen LogP contribution >= 0.6 is 0 Å². The van der Waals surface area contributed by atoms with Gasteiger partial charge in [0.15, 0.2) is 5.78 Å². The standard InChI is InChI=1S/C18H20N2O/c19-16-9-12-20-13-15(16)17(21)18(10-5-2-6-11-18)14-7-3-1-4-8-14/h1,3-4,7-9,12-13H,2,5-6,10-11H2,(H2,19,20). The number of ketones is 1. The lowest BCUT2D eigenvalue weighted by atomic mass is 9.65. The molecule has 1 aromatic heterocycles. The van der Waals surface area contributed by atoms with Crippen molar-refractivity contribution in [2.45, 2.75) is 37.5 Å². The molecule has 2 N–H and O–H groups in total. The lowest BCUT2D eigenvalue weighted by molar-refractivity contribution is 0.0840. The van der Waals surface area contributed by atoms with Crippen molar-refractivity contribution in [2.24, 2.45) is 0 Å². The summed E-state index contributed by atoms with van der Waals surface area (Å²) >= 11 is 0. The Morgan fingerprint density at radius 1 is 1.05 bits per heavy atom. The number of nitrogens with two attached hydrogens (primary N) is 1. The number of carbonyl (C=O) groups is 1. The quantitative estimate of drug-likeness (QED) is 0.871. The first kappa shape index (κ1) is 13.8. The van der Waals surface area contributed by atoms with Crippen molar-refractivity contribution in [3.8, 4) is 0 Å². The third kappa shape index (κ3) is 2.44. The van der Waals surface area contributed by atoms with Crippen molar-refractivity contribution >= 4 is 11.5 Å². The van der Waals surface area contributed by atoms with E-state index in [2.05, 4.69) is 17.1 Å². The Morgan fingerprint density at radius 3 is 2.43 bits per heavy atom. The van der Waals surface area contributed by atoms with Gasteiger partial charge in [-0.1, -0.05) is 49.6 Å². The zero-order valence-corrected chi connectivity index (χ0v) is 12.1. The first-order valence-corrected chi connectivity index (χ1v) is 7.54. The third-order valence-electron chi connectivity index (χ3n) is 4.57. The van der Waals surface area contributed by atoms with E-state index in [1.54, 1.807) is 18.5 Å². The number of anilines is 1. The fourth-order valence-corrected chi connectivity index (χ4v) is 3.41. The van der Waals surface area contributed by atoms with Gasteiger partial charge in [0.05, 0.1) is 11.0 Å². The van der Waals surface area contributed by atoms with E-state index in [4.69, 9.17) is 5.73 Å². The molecular weight excluding hydrogens is 260 g/mol. The maximum absolute atomic E-state index is 13.2. The van der Waals surface area contributed by atoms with Crippen LogP contribution in [0.25, 0.3) is 0 Å². The number of carbonyl (C=O) groups excluding carboxylic acids is 1. The van der Waals surface area contributed by atoms with Gasteiger partial charge in [0, 0.05) is 18.1 Å². The zero-order chi connectivity index (χ0) is 14.7. The molecule has 0 radical (unpaired) electrons. The smallest absolute Gasteiger partial charge is 0.176 e. The predicted octanol–water partition coefficient (Wildman–Crippen LogP) is 3.75. The van der Waals surface area contributed by atoms with Crippen LogP contribution in [-0.2, 0) is 5.41 Å². The predicted molar refractivity (Wildman–Crippen MR) is 84.2 cm³/mol. The highest BCUT2D eigenvalue weighted by Crippen LogP contribution is 2.42. The number of benzene rings is 1. The van der Waals surface area contributed by atoms with E-state index < -0.39 is 5.41 Å². The number of nitrogens with zero attached hydrogens (tertiary/aromatic N) is 1. The Bertz CT molecular complexity index is 631. The molecule has 21 heavy (non-hydrogen) atoms. The number of hydrogen-bond donors (Lipinski definition) is 1. The molecule has 3 nitrogen and oxygen atoms in total. The molecule has 3 heteroatoms. The highest BCUT2D eigenvalue weighted by molar-refractivity contribution is 6.07. The van der Waals surface area contributed by atoms with Crippen LogP contribution in [-0.4, -0.2) is 10.8 Å². The molecule has 0 bridgehead atoms. The van der Waals surface area contributed by atoms with Gasteiger partial charge in [-0.2, -0.15) is 0 Å². The van der Waals surface area contributed by atoms with Crippen LogP contribution in [0.3, 0.4) is 0 Å². The topological polar surface area (TPSA) is 56.0 Å². The van der Waals surface area contributed by atoms with E-state index in [-0.39, 0.29) is 5.78 Å². The maximum atomic E-state index is 13.2. The minimum atomic E-state index is -0.434. The Kier molecular flexibility index (Phi) is 3.74. The van der Waals surface area contributed by atoms with Gasteiger partial charge >= 0.3 is 0 Å². The summed E-state index contributed by atoms with van der Waals surface area (Å²) in [6, 6.07) is 11.8. The molecule has 1 saturated carbocycles. The molecule has 1 aromatic carbocycles. The number of hydrogen-bond acceptors (Lipinski definition) is 3. The minimum Gasteiger partial charge on any atom is -0.398 e. The average Bonchev–Trinajstić information content (AvgIpc) is 2.56. The summed E-state index contributed by atoms with van der Waals surface area (Å²) < 4.78 is 0. The largest absolute Gasteiger partial charge is 0.398 e. The number of nitrogen functional groups attached to an aromatic ring is 1. The number of pyridine rings is 1. The Labute approximate surface area is 125 Å². The fourth-order valence-electron chi connectivity index (χ4n) is 3.41. The summed E-state index contributed by atoms with van der Waals surface area (Å²) in [5.41, 5.74) is 7.76. The van der Waals surface area contributed by atoms with Crippen molar-refractivity contribution in [3.05, 3.63) is 59.9 Å². The summed E-state index contributed by atoms with van der Waals surface area (Å²) in [6.45, 7) is 0. The first-order valence-electron chi connectivity index (χ1n) is 7.54. The number of Topliss-reactive ketones (excluding diaryl/α,β-unsaturated/α-hetero) is 1. The molecule has 0 unspecified atom stereocenters. The summed E-state index contributed by atoms with van der Waals surface area (Å²) in [7, 11) is 0. The molecule has 2 aromatic rings. The lowest BCUT2D eigenvalue weighted by Gasteiger charge is -2.36. The van der Waals surface area contributed by atoms with E-state index in [9.17, 15) is 4.79 Å². The number of rotatable bonds is 3. The molecule has 0 saturated heterocycles. The Hall–Kier alpha value is -2.16. The van der Waals surface area contributed by atoms with Crippen LogP contribution in [0.15, 0.2) is 48.8 Å². The summed E-state index contributed by atoms with van der Waals surface area (Å²) in [5, 5.41) is 0. The SMILES string of the molecule is Nc1ccncc1C(=O)C1(c2ccccc2)CCCCC1. The van der Waals surface area contributed by atoms with Gasteiger partial charge in [0.25, 0.3) is 0 Å². The van der Waals surface area contributed by atoms with E-state index in [0.29, 0.717) is 11.3 Å². The van der Waals surface area contributed by atoms with Crippen molar-refractivity contribution < 1.29 is 4.79 Å². The second-order valence-electron chi connectivity index (χ2n) is 5.80. The molecule has 3 rings (SSSR count). The van der Waals surface area contributed by atoms with Crippen LogP contribution < -0.4 is 5.73 Å². The minimum absolute atomic E-state index is 0.124. The maximum Gasteiger partial charge on any atom is 0.176 e. The Balaban J connectivity index is 2.08. The van der Waals surface area contributed by atoms with Gasteiger partial charge in [-0.3, -0.25) is 9.78 Å². The number of aromatic nitrogens is 1. The van der Waals surface area contributed by atoms with Crippen LogP contribution in [0.2, 0.25) is 0 Å². The second-order valence-corrected chi connectivity index (χ2v) is 5.80. The third-order valence-corrected chi connectivity index (χ3v) is 4.57. The molecule has 1 aliphatic carbocycles. The second kappa shape index (κ2) is 5.68. The molecule has 1 aliphatic rings. The van der Waals surface area contributed by atoms with Crippen molar-refractivity contribution in [1.29, 1.82) is 0 Å². The van der Waals surface area contributed by atoms with E-state index in [0.717, 1.165) is 31.2 Å². The molecule has 0 aliphatic heterocycles. The van der Waals surface area contributed by atoms with Gasteiger partial charge < -0.3 is 5.73 Å². The summed E-state index contributed by atoms with van der Waals surface area (Å²) in [6.07, 6.45) is 8.39. The van der Waals surface area contributed by atoms with Crippen LogP contribution in [0.1, 0.15) is 48.0 Å². The van der Waals surface area contributed by atoms with Gasteiger partial charge in [-0.25, -0.2) is 0 Å². The molecule has 0 atom stereocenters. The molecule has 0 spiro atoms. The van der Waals surface area contributed by atoms with E-state index >= 15 is 0 Å². The van der Waals surface area contributed by atoms with Crippen molar-refractivity contribution in [3.63, 3.8) is 0 Å².